The van der Waals surface area contributed by atoms with E-state index in [-0.39, 0.29) is 18.2 Å². The molecule has 0 bridgehead atoms. The average molecular weight is 359 g/mol. The van der Waals surface area contributed by atoms with Gasteiger partial charge in [-0.1, -0.05) is 0 Å². The fourth-order valence-electron chi connectivity index (χ4n) is 3.10. The van der Waals surface area contributed by atoms with Gasteiger partial charge in [0.05, 0.1) is 24.6 Å². The molecule has 140 valence electrons. The van der Waals surface area contributed by atoms with Crippen molar-refractivity contribution in [3.8, 4) is 0 Å². The molecule has 0 atom stereocenters. The van der Waals surface area contributed by atoms with Crippen LogP contribution in [-0.2, 0) is 11.3 Å². The van der Waals surface area contributed by atoms with E-state index in [1.54, 1.807) is 23.3 Å². The van der Waals surface area contributed by atoms with Gasteiger partial charge in [0.2, 0.25) is 5.91 Å². The van der Waals surface area contributed by atoms with Crippen LogP contribution >= 0.6 is 0 Å². The molecule has 2 aromatic heterocycles. The smallest absolute Gasteiger partial charge is 0.257 e. The highest BCUT2D eigenvalue weighted by molar-refractivity contribution is 5.94. The zero-order valence-corrected chi connectivity index (χ0v) is 14.9. The maximum absolute atomic E-state index is 12.6. The van der Waals surface area contributed by atoms with E-state index in [1.807, 2.05) is 6.07 Å². The molecule has 1 aliphatic rings. The van der Waals surface area contributed by atoms with Gasteiger partial charge in [-0.2, -0.15) is 0 Å². The number of nitrogens with zero attached hydrogens (tertiary/aromatic N) is 2. The maximum Gasteiger partial charge on any atom is 0.257 e. The van der Waals surface area contributed by atoms with Gasteiger partial charge in [-0.05, 0) is 44.1 Å². The number of likely N-dealkylation sites (tertiary alicyclic amines) is 1. The van der Waals surface area contributed by atoms with Crippen LogP contribution in [0.15, 0.2) is 45.8 Å². The van der Waals surface area contributed by atoms with Crippen LogP contribution in [0.2, 0.25) is 0 Å². The van der Waals surface area contributed by atoms with E-state index in [0.29, 0.717) is 31.0 Å². The fraction of sp³-hybridized carbons (Fsp3) is 0.474. The van der Waals surface area contributed by atoms with Crippen LogP contribution in [0.1, 0.15) is 35.4 Å². The lowest BCUT2D eigenvalue weighted by molar-refractivity contribution is -0.121. The molecule has 0 unspecified atom stereocenters. The van der Waals surface area contributed by atoms with E-state index in [2.05, 4.69) is 10.2 Å². The number of nitrogens with one attached hydrogen (secondary N) is 1. The summed E-state index contributed by atoms with van der Waals surface area (Å²) in [5.41, 5.74) is 0.464. The molecular weight excluding hydrogens is 334 g/mol. The quantitative estimate of drug-likeness (QED) is 0.742. The second-order valence-electron chi connectivity index (χ2n) is 6.47. The summed E-state index contributed by atoms with van der Waals surface area (Å²) in [6, 6.07) is 5.21. The molecular formula is C19H25N3O4. The van der Waals surface area contributed by atoms with E-state index in [9.17, 15) is 9.59 Å². The van der Waals surface area contributed by atoms with Crippen molar-refractivity contribution in [3.63, 3.8) is 0 Å². The Bertz CT molecular complexity index is 676. The number of hydrogen-bond donors (Lipinski definition) is 1. The molecule has 2 amide bonds. The number of furan rings is 2. The van der Waals surface area contributed by atoms with Crippen molar-refractivity contribution >= 4 is 11.8 Å². The van der Waals surface area contributed by atoms with Gasteiger partial charge >= 0.3 is 0 Å². The molecule has 7 nitrogen and oxygen atoms in total. The van der Waals surface area contributed by atoms with Crippen LogP contribution in [0, 0.1) is 0 Å². The predicted molar refractivity (Wildman–Crippen MR) is 95.5 cm³/mol. The summed E-state index contributed by atoms with van der Waals surface area (Å²) < 4.78 is 10.3. The van der Waals surface area contributed by atoms with Crippen LogP contribution < -0.4 is 5.32 Å². The highest BCUT2D eigenvalue weighted by Crippen LogP contribution is 2.12. The van der Waals surface area contributed by atoms with Crippen molar-refractivity contribution in [1.29, 1.82) is 0 Å². The van der Waals surface area contributed by atoms with Crippen molar-refractivity contribution in [1.82, 2.24) is 15.1 Å². The number of amides is 2. The van der Waals surface area contributed by atoms with Crippen LogP contribution in [0.5, 0.6) is 0 Å². The highest BCUT2D eigenvalue weighted by Gasteiger charge is 2.19. The van der Waals surface area contributed by atoms with Crippen molar-refractivity contribution in [3.05, 3.63) is 48.3 Å². The Balaban J connectivity index is 1.48. The van der Waals surface area contributed by atoms with Gasteiger partial charge in [0.15, 0.2) is 0 Å². The minimum Gasteiger partial charge on any atom is -0.472 e. The molecule has 0 spiro atoms. The van der Waals surface area contributed by atoms with Gasteiger partial charge in [-0.15, -0.1) is 0 Å². The summed E-state index contributed by atoms with van der Waals surface area (Å²) in [7, 11) is 0. The van der Waals surface area contributed by atoms with Gasteiger partial charge in [-0.25, -0.2) is 0 Å². The van der Waals surface area contributed by atoms with E-state index in [4.69, 9.17) is 8.83 Å². The molecule has 7 heteroatoms. The van der Waals surface area contributed by atoms with Crippen molar-refractivity contribution in [2.24, 2.45) is 0 Å². The standard InChI is InChI=1S/C19H25N3O4/c23-18(20-7-11-21-8-1-2-9-21)5-10-22(14-17-4-3-12-26-17)19(24)16-6-13-25-15-16/h3-4,6,12-13,15H,1-2,5,7-11,14H2,(H,20,23). The first-order chi connectivity index (χ1) is 12.7. The molecule has 0 radical (unpaired) electrons. The first-order valence-electron chi connectivity index (χ1n) is 9.05. The van der Waals surface area contributed by atoms with Gasteiger partial charge in [0.25, 0.3) is 5.91 Å². The number of rotatable bonds is 9. The summed E-state index contributed by atoms with van der Waals surface area (Å²) in [4.78, 5) is 28.7. The van der Waals surface area contributed by atoms with Gasteiger partial charge < -0.3 is 24.0 Å². The van der Waals surface area contributed by atoms with E-state index >= 15 is 0 Å². The van der Waals surface area contributed by atoms with Crippen molar-refractivity contribution in [2.75, 3.05) is 32.7 Å². The van der Waals surface area contributed by atoms with Gasteiger partial charge in [0.1, 0.15) is 12.0 Å². The molecule has 1 saturated heterocycles. The number of carbonyl (C=O) groups excluding carboxylic acids is 2. The molecule has 1 N–H and O–H groups in total. The molecule has 2 aromatic rings. The van der Waals surface area contributed by atoms with E-state index in [1.165, 1.54) is 25.4 Å². The van der Waals surface area contributed by atoms with Gasteiger partial charge in [-0.3, -0.25) is 9.59 Å². The molecule has 26 heavy (non-hydrogen) atoms. The Hall–Kier alpha value is -2.54. The number of carbonyl (C=O) groups is 2. The predicted octanol–water partition coefficient (Wildman–Crippen LogP) is 2.12. The Morgan fingerprint density at radius 1 is 1.19 bits per heavy atom. The summed E-state index contributed by atoms with van der Waals surface area (Å²) in [5.74, 6) is 0.449. The molecule has 1 fully saturated rings. The van der Waals surface area contributed by atoms with Gasteiger partial charge in [0, 0.05) is 26.1 Å². The van der Waals surface area contributed by atoms with E-state index in [0.717, 1.165) is 19.6 Å². The third kappa shape index (κ3) is 5.23. The molecule has 3 heterocycles. The highest BCUT2D eigenvalue weighted by atomic mass is 16.3. The molecule has 1 aliphatic heterocycles. The fourth-order valence-corrected chi connectivity index (χ4v) is 3.10. The minimum absolute atomic E-state index is 0.0476. The zero-order chi connectivity index (χ0) is 18.2. The minimum atomic E-state index is -0.181. The number of hydrogen-bond acceptors (Lipinski definition) is 5. The first kappa shape index (κ1) is 18.3. The van der Waals surface area contributed by atoms with Crippen molar-refractivity contribution < 1.29 is 18.4 Å². The maximum atomic E-state index is 12.6. The lowest BCUT2D eigenvalue weighted by atomic mass is 10.2. The molecule has 0 aromatic carbocycles. The summed E-state index contributed by atoms with van der Waals surface area (Å²) >= 11 is 0. The largest absolute Gasteiger partial charge is 0.472 e. The van der Waals surface area contributed by atoms with E-state index < -0.39 is 0 Å². The lowest BCUT2D eigenvalue weighted by Gasteiger charge is -2.21. The topological polar surface area (TPSA) is 78.9 Å². The average Bonchev–Trinajstić information content (AvgIpc) is 3.41. The molecule has 0 aliphatic carbocycles. The monoisotopic (exact) mass is 359 g/mol. The first-order valence-corrected chi connectivity index (χ1v) is 9.05. The lowest BCUT2D eigenvalue weighted by Crippen LogP contribution is -2.37. The normalized spacial score (nSPS) is 14.5. The zero-order valence-electron chi connectivity index (χ0n) is 14.9. The summed E-state index contributed by atoms with van der Waals surface area (Å²) in [6.45, 7) is 4.40. The van der Waals surface area contributed by atoms with Crippen molar-refractivity contribution in [2.45, 2.75) is 25.8 Å². The van der Waals surface area contributed by atoms with Crippen LogP contribution in [0.25, 0.3) is 0 Å². The SMILES string of the molecule is O=C(CCN(Cc1ccco1)C(=O)c1ccoc1)NCCN1CCCC1. The third-order valence-electron chi connectivity index (χ3n) is 4.54. The summed E-state index contributed by atoms with van der Waals surface area (Å²) in [5, 5.41) is 2.94. The van der Waals surface area contributed by atoms with Crippen LogP contribution in [0.4, 0.5) is 0 Å². The Labute approximate surface area is 152 Å². The Morgan fingerprint density at radius 2 is 2.04 bits per heavy atom. The second kappa shape index (κ2) is 9.24. The molecule has 3 rings (SSSR count). The third-order valence-corrected chi connectivity index (χ3v) is 4.54. The van der Waals surface area contributed by atoms with Crippen LogP contribution in [-0.4, -0.2) is 54.3 Å². The second-order valence-corrected chi connectivity index (χ2v) is 6.47. The Morgan fingerprint density at radius 3 is 2.73 bits per heavy atom. The summed E-state index contributed by atoms with van der Waals surface area (Å²) in [6.07, 6.45) is 7.18. The molecule has 0 saturated carbocycles. The van der Waals surface area contributed by atoms with Crippen LogP contribution in [0.3, 0.4) is 0 Å². The Kier molecular flexibility index (Phi) is 6.49.